The number of aromatic nitrogens is 4. The molecule has 388 valence electrons. The fraction of sp³-hybridized carbons (Fsp3) is 0.0649. The molecular formula is C77H55N4O+. The van der Waals surface area contributed by atoms with E-state index < -0.39 is 5.41 Å². The van der Waals surface area contributed by atoms with Crippen LogP contribution in [0.2, 0.25) is 0 Å². The lowest BCUT2D eigenvalue weighted by Crippen LogP contribution is -2.31. The standard InChI is InChI=1S/C77H55N4O/c1-76(2,3)53-43-44-78-73(46-53)81-70-37-17-15-32-63(70)64-41-40-56(48-72(64)81)82-55-26-18-25-54(47-55)79-49-80-74-57(33-19-34-65(74)60-29-12-10-27-58(60)59-28-11-13-30-61(59)66-35-20-38-71(79)75(66)80)50-39-42-69-67(45-50)62-31-14-16-36-68(62)77(69,51-21-6-4-7-22-51)52-23-8-5-9-24-52/h4-49H,1-3H3/q+1. The van der Waals surface area contributed by atoms with Crippen molar-refractivity contribution in [1.82, 2.24) is 14.1 Å². The van der Waals surface area contributed by atoms with Crippen molar-refractivity contribution in [3.05, 3.63) is 307 Å². The molecule has 0 unspecified atom stereocenters. The molecule has 16 rings (SSSR count). The first kappa shape index (κ1) is 47.6. The molecule has 14 aromatic rings. The quantitative estimate of drug-likeness (QED) is 0.149. The molecule has 5 nitrogen and oxygen atoms in total. The van der Waals surface area contributed by atoms with Gasteiger partial charge in [0.05, 0.1) is 16.4 Å². The zero-order chi connectivity index (χ0) is 54.7. The maximum Gasteiger partial charge on any atom is 0.255 e. The highest BCUT2D eigenvalue weighted by molar-refractivity contribution is 6.09. The minimum Gasteiger partial charge on any atom is -0.457 e. The number of fused-ring (bicyclic) bond motifs is 13. The maximum absolute atomic E-state index is 6.95. The van der Waals surface area contributed by atoms with Gasteiger partial charge in [-0.2, -0.15) is 9.13 Å². The second-order valence-corrected chi connectivity index (χ2v) is 22.9. The number of para-hydroxylation sites is 3. The van der Waals surface area contributed by atoms with Crippen molar-refractivity contribution in [3.63, 3.8) is 0 Å². The van der Waals surface area contributed by atoms with Gasteiger partial charge in [-0.05, 0) is 133 Å². The topological polar surface area (TPSA) is 35.9 Å². The molecule has 0 radical (unpaired) electrons. The Bertz CT molecular complexity index is 4850. The fourth-order valence-corrected chi connectivity index (χ4v) is 13.7. The first-order valence-corrected chi connectivity index (χ1v) is 28.3. The number of rotatable bonds is 7. The third-order valence-corrected chi connectivity index (χ3v) is 17.3. The van der Waals surface area contributed by atoms with Crippen LogP contribution in [0.4, 0.5) is 0 Å². The van der Waals surface area contributed by atoms with Gasteiger partial charge in [0.1, 0.15) is 28.7 Å². The molecule has 11 aromatic carbocycles. The van der Waals surface area contributed by atoms with Crippen molar-refractivity contribution in [1.29, 1.82) is 0 Å². The molecule has 0 atom stereocenters. The van der Waals surface area contributed by atoms with Crippen LogP contribution in [0.1, 0.15) is 48.6 Å². The first-order chi connectivity index (χ1) is 40.3. The number of hydrogen-bond acceptors (Lipinski definition) is 2. The van der Waals surface area contributed by atoms with Gasteiger partial charge >= 0.3 is 0 Å². The predicted molar refractivity (Wildman–Crippen MR) is 335 cm³/mol. The Morgan fingerprint density at radius 3 is 1.74 bits per heavy atom. The Morgan fingerprint density at radius 1 is 0.415 bits per heavy atom. The minimum absolute atomic E-state index is 0.0330. The zero-order valence-corrected chi connectivity index (χ0v) is 45.8. The van der Waals surface area contributed by atoms with Gasteiger partial charge in [-0.15, -0.1) is 0 Å². The van der Waals surface area contributed by atoms with Crippen LogP contribution in [0.25, 0.3) is 106 Å². The molecule has 1 aliphatic carbocycles. The normalized spacial score (nSPS) is 12.9. The lowest BCUT2D eigenvalue weighted by Gasteiger charge is -2.33. The molecule has 1 aliphatic heterocycles. The van der Waals surface area contributed by atoms with Gasteiger partial charge in [-0.3, -0.25) is 4.57 Å². The Kier molecular flexibility index (Phi) is 10.7. The molecular weight excluding hydrogens is 997 g/mol. The molecule has 3 aromatic heterocycles. The molecule has 0 saturated heterocycles. The Labute approximate surface area is 476 Å². The van der Waals surface area contributed by atoms with Crippen LogP contribution in [0.15, 0.2) is 279 Å². The molecule has 0 spiro atoms. The summed E-state index contributed by atoms with van der Waals surface area (Å²) < 4.78 is 14.0. The Hall–Kier alpha value is -10.4. The molecule has 82 heavy (non-hydrogen) atoms. The van der Waals surface area contributed by atoms with Crippen molar-refractivity contribution in [2.24, 2.45) is 0 Å². The van der Waals surface area contributed by atoms with Crippen LogP contribution in [-0.2, 0) is 10.8 Å². The smallest absolute Gasteiger partial charge is 0.255 e. The van der Waals surface area contributed by atoms with Gasteiger partial charge in [0.25, 0.3) is 6.33 Å². The van der Waals surface area contributed by atoms with Crippen LogP contribution in [0.3, 0.4) is 0 Å². The average Bonchev–Trinajstić information content (AvgIpc) is 2.28. The van der Waals surface area contributed by atoms with Crippen molar-refractivity contribution < 1.29 is 9.30 Å². The second kappa shape index (κ2) is 18.3. The number of nitrogens with zero attached hydrogens (tertiary/aromatic N) is 4. The van der Waals surface area contributed by atoms with Crippen LogP contribution >= 0.6 is 0 Å². The highest BCUT2D eigenvalue weighted by Gasteiger charge is 2.46. The minimum atomic E-state index is -0.501. The van der Waals surface area contributed by atoms with E-state index >= 15 is 0 Å². The van der Waals surface area contributed by atoms with Gasteiger partial charge in [-0.1, -0.05) is 215 Å². The van der Waals surface area contributed by atoms with E-state index in [4.69, 9.17) is 9.72 Å². The van der Waals surface area contributed by atoms with E-state index in [2.05, 4.69) is 308 Å². The van der Waals surface area contributed by atoms with E-state index in [1.165, 1.54) is 66.6 Å². The average molecular weight is 1050 g/mol. The highest BCUT2D eigenvalue weighted by atomic mass is 16.5. The van der Waals surface area contributed by atoms with Crippen molar-refractivity contribution >= 4 is 32.8 Å². The molecule has 4 heterocycles. The van der Waals surface area contributed by atoms with Gasteiger partial charge in [0.2, 0.25) is 0 Å². The predicted octanol–water partition coefficient (Wildman–Crippen LogP) is 18.8. The van der Waals surface area contributed by atoms with Crippen LogP contribution in [-0.4, -0.2) is 14.1 Å². The van der Waals surface area contributed by atoms with E-state index in [-0.39, 0.29) is 5.41 Å². The summed E-state index contributed by atoms with van der Waals surface area (Å²) in [5.41, 5.74) is 24.0. The number of pyridine rings is 1. The highest BCUT2D eigenvalue weighted by Crippen LogP contribution is 2.57. The molecule has 0 amide bonds. The molecule has 0 N–H and O–H groups in total. The number of ether oxygens (including phenoxy) is 1. The number of imidazole rings is 1. The monoisotopic (exact) mass is 1050 g/mol. The second-order valence-electron chi connectivity index (χ2n) is 22.9. The maximum atomic E-state index is 6.95. The summed E-state index contributed by atoms with van der Waals surface area (Å²) in [5, 5.41) is 2.32. The number of benzene rings is 11. The van der Waals surface area contributed by atoms with Crippen molar-refractivity contribution in [3.8, 4) is 84.3 Å². The molecule has 0 fully saturated rings. The summed E-state index contributed by atoms with van der Waals surface area (Å²) in [4.78, 5) is 4.94. The number of hydrogen-bond donors (Lipinski definition) is 0. The van der Waals surface area contributed by atoms with Crippen LogP contribution in [0, 0.1) is 0 Å². The summed E-state index contributed by atoms with van der Waals surface area (Å²) in [6.45, 7) is 6.74. The van der Waals surface area contributed by atoms with Crippen LogP contribution in [0.5, 0.6) is 11.5 Å². The summed E-state index contributed by atoms with van der Waals surface area (Å²) in [5.74, 6) is 2.36. The molecule has 0 bridgehead atoms. The summed E-state index contributed by atoms with van der Waals surface area (Å²) in [6, 6.07) is 97.7. The molecule has 5 heteroatoms. The zero-order valence-electron chi connectivity index (χ0n) is 45.8. The summed E-state index contributed by atoms with van der Waals surface area (Å²) in [7, 11) is 0. The van der Waals surface area contributed by atoms with E-state index in [0.29, 0.717) is 0 Å². The van der Waals surface area contributed by atoms with E-state index in [1.54, 1.807) is 0 Å². The fourth-order valence-electron chi connectivity index (χ4n) is 13.7. The van der Waals surface area contributed by atoms with Crippen molar-refractivity contribution in [2.75, 3.05) is 0 Å². The third kappa shape index (κ3) is 7.19. The van der Waals surface area contributed by atoms with Crippen molar-refractivity contribution in [2.45, 2.75) is 31.6 Å². The lowest BCUT2D eigenvalue weighted by molar-refractivity contribution is -0.566. The third-order valence-electron chi connectivity index (χ3n) is 17.3. The first-order valence-electron chi connectivity index (χ1n) is 28.3. The van der Waals surface area contributed by atoms with Gasteiger partial charge in [0.15, 0.2) is 11.0 Å². The van der Waals surface area contributed by atoms with E-state index in [9.17, 15) is 0 Å². The van der Waals surface area contributed by atoms with E-state index in [1.807, 2.05) is 6.20 Å². The molecule has 0 saturated carbocycles. The van der Waals surface area contributed by atoms with E-state index in [0.717, 1.165) is 78.4 Å². The summed E-state index contributed by atoms with van der Waals surface area (Å²) in [6.07, 6.45) is 4.23. The van der Waals surface area contributed by atoms with Crippen LogP contribution < -0.4 is 9.30 Å². The SMILES string of the molecule is CC(C)(C)c1ccnc(-n2c3ccccc3c3ccc(Oc4cccc(-n5c[n+]6c7c(cccc75)-c5ccccc5-c5ccccc5-c5cccc(-c7ccc8c(c7)-c7ccccc7C8(c7ccccc7)c7ccccc7)c5-6)c4)cc32)c1. The van der Waals surface area contributed by atoms with Gasteiger partial charge in [0, 0.05) is 45.8 Å². The largest absolute Gasteiger partial charge is 0.457 e. The summed E-state index contributed by atoms with van der Waals surface area (Å²) >= 11 is 0. The lowest BCUT2D eigenvalue weighted by atomic mass is 9.67. The van der Waals surface area contributed by atoms with Gasteiger partial charge in [-0.25, -0.2) is 4.98 Å². The van der Waals surface area contributed by atoms with Gasteiger partial charge < -0.3 is 4.74 Å². The Morgan fingerprint density at radius 2 is 0.988 bits per heavy atom. The Balaban J connectivity index is 0.887. The molecule has 2 aliphatic rings.